The molecule has 0 aliphatic rings. The van der Waals surface area contributed by atoms with Gasteiger partial charge in [0.2, 0.25) is 0 Å². The molecule has 12 aromatic rings. The molecule has 0 unspecified atom stereocenters. The van der Waals surface area contributed by atoms with Crippen molar-refractivity contribution in [1.29, 1.82) is 5.26 Å². The van der Waals surface area contributed by atoms with Gasteiger partial charge in [-0.3, -0.25) is 4.98 Å². The van der Waals surface area contributed by atoms with Crippen molar-refractivity contribution in [2.75, 3.05) is 0 Å². The monoisotopic (exact) mass is 776 g/mol. The molecule has 0 N–H and O–H groups in total. The number of nitriles is 1. The Balaban J connectivity index is 1.26. The van der Waals surface area contributed by atoms with Gasteiger partial charge in [-0.15, -0.1) is 0 Å². The Bertz CT molecular complexity index is 3510. The minimum absolute atomic E-state index is 0.524. The topological polar surface area (TPSA) is 55.8 Å². The summed E-state index contributed by atoms with van der Waals surface area (Å²) in [5, 5.41) is 17.3. The zero-order valence-electron chi connectivity index (χ0n) is 32.7. The number of fused-ring (bicyclic) bond motifs is 9. The number of benzene rings is 8. The number of hydrogen-bond acceptors (Lipinski definition) is 2. The highest BCUT2D eigenvalue weighted by atomic mass is 15.0. The number of pyridine rings is 1. The molecule has 0 atom stereocenters. The Labute approximate surface area is 350 Å². The maximum Gasteiger partial charge on any atom is 0.188 e. The van der Waals surface area contributed by atoms with Crippen molar-refractivity contribution >= 4 is 71.1 Å². The van der Waals surface area contributed by atoms with Gasteiger partial charge in [0, 0.05) is 61.4 Å². The van der Waals surface area contributed by atoms with E-state index in [9.17, 15) is 5.26 Å². The first kappa shape index (κ1) is 34.3. The first-order chi connectivity index (χ1) is 30.2. The zero-order chi connectivity index (χ0) is 40.6. The van der Waals surface area contributed by atoms with Crippen LogP contribution in [0, 0.1) is 17.9 Å². The minimum atomic E-state index is 0.524. The van der Waals surface area contributed by atoms with Crippen LogP contribution in [0.15, 0.2) is 194 Å². The second kappa shape index (κ2) is 13.4. The van der Waals surface area contributed by atoms with E-state index in [-0.39, 0.29) is 0 Å². The molecule has 4 aromatic heterocycles. The van der Waals surface area contributed by atoms with E-state index in [0.29, 0.717) is 11.3 Å². The summed E-state index contributed by atoms with van der Waals surface area (Å²) < 4.78 is 6.98. The predicted octanol–water partition coefficient (Wildman–Crippen LogP) is 14.1. The summed E-state index contributed by atoms with van der Waals surface area (Å²) in [4.78, 5) is 9.06. The summed E-state index contributed by atoms with van der Waals surface area (Å²) in [6.45, 7) is 8.24. The van der Waals surface area contributed by atoms with Crippen LogP contribution in [0.25, 0.3) is 110 Å². The average molecular weight is 777 g/mol. The molecule has 0 radical (unpaired) electrons. The first-order valence-electron chi connectivity index (χ1n) is 20.2. The quantitative estimate of drug-likeness (QED) is 0.163. The highest BCUT2D eigenvalue weighted by molar-refractivity contribution is 6.13. The van der Waals surface area contributed by atoms with Gasteiger partial charge in [0.1, 0.15) is 0 Å². The fraction of sp³-hybridized carbons (Fsp3) is 0. The van der Waals surface area contributed by atoms with Crippen molar-refractivity contribution < 1.29 is 0 Å². The number of para-hydroxylation sites is 6. The van der Waals surface area contributed by atoms with Gasteiger partial charge in [0.15, 0.2) is 5.69 Å². The minimum Gasteiger partial charge on any atom is -0.309 e. The van der Waals surface area contributed by atoms with Gasteiger partial charge < -0.3 is 13.7 Å². The highest BCUT2D eigenvalue weighted by Gasteiger charge is 2.26. The lowest BCUT2D eigenvalue weighted by atomic mass is 9.94. The predicted molar refractivity (Wildman–Crippen MR) is 249 cm³/mol. The lowest BCUT2D eigenvalue weighted by molar-refractivity contribution is 1.13. The molecule has 6 heteroatoms. The lowest BCUT2D eigenvalue weighted by Gasteiger charge is -2.23. The third-order valence-electron chi connectivity index (χ3n) is 12.2. The second-order valence-corrected chi connectivity index (χ2v) is 15.3. The van der Waals surface area contributed by atoms with Gasteiger partial charge in [-0.2, -0.15) is 5.26 Å². The third-order valence-corrected chi connectivity index (χ3v) is 12.2. The molecule has 6 nitrogen and oxygen atoms in total. The van der Waals surface area contributed by atoms with Gasteiger partial charge in [-0.25, -0.2) is 4.85 Å². The van der Waals surface area contributed by atoms with Gasteiger partial charge in [-0.05, 0) is 72.3 Å². The standard InChI is InChI=1S/C55H32N6/c1-57-36-27-29-54(60-49-22-10-4-16-39(49)40-17-5-11-23-50(40)60)44(31-36)46-34-58-33-45(55(46)61-51-24-12-6-18-41(51)42-19-7-13-25-52(42)61)43-30-35(32-56)26-28-53(43)59-47-20-8-2-14-37(47)38-15-3-9-21-48(38)59/h2-31,33-34H. The van der Waals surface area contributed by atoms with Gasteiger partial charge in [0.25, 0.3) is 0 Å². The normalized spacial score (nSPS) is 11.6. The first-order valence-corrected chi connectivity index (χ1v) is 20.2. The van der Waals surface area contributed by atoms with E-state index in [4.69, 9.17) is 11.6 Å². The summed E-state index contributed by atoms with van der Waals surface area (Å²) in [6.07, 6.45) is 3.88. The van der Waals surface area contributed by atoms with Crippen molar-refractivity contribution in [3.8, 4) is 45.4 Å². The summed E-state index contributed by atoms with van der Waals surface area (Å²) >= 11 is 0. The lowest BCUT2D eigenvalue weighted by Crippen LogP contribution is -2.06. The Hall–Kier alpha value is -8.71. The molecule has 0 bridgehead atoms. The SMILES string of the molecule is [C-]#[N+]c1ccc(-n2c3ccccc3c3ccccc32)c(-c2cncc(-c3cc(C#N)ccc3-n3c4ccccc4c4ccccc43)c2-n2c3ccccc3c3ccccc32)c1. The molecule has 0 fully saturated rings. The van der Waals surface area contributed by atoms with Crippen molar-refractivity contribution in [1.82, 2.24) is 18.7 Å². The Kier molecular flexibility index (Phi) is 7.56. The fourth-order valence-electron chi connectivity index (χ4n) is 9.64. The van der Waals surface area contributed by atoms with Crippen molar-refractivity contribution in [2.24, 2.45) is 0 Å². The Morgan fingerprint density at radius 3 is 1.16 bits per heavy atom. The molecule has 4 heterocycles. The summed E-state index contributed by atoms with van der Waals surface area (Å²) in [6, 6.07) is 65.4. The average Bonchev–Trinajstić information content (AvgIpc) is 3.97. The summed E-state index contributed by atoms with van der Waals surface area (Å²) in [5.74, 6) is 0. The smallest absolute Gasteiger partial charge is 0.188 e. The van der Waals surface area contributed by atoms with Crippen LogP contribution in [0.3, 0.4) is 0 Å². The van der Waals surface area contributed by atoms with Crippen LogP contribution in [0.1, 0.15) is 5.56 Å². The molecule has 0 amide bonds. The molecule has 0 spiro atoms. The van der Waals surface area contributed by atoms with E-state index in [0.717, 1.165) is 105 Å². The third kappa shape index (κ3) is 5.04. The largest absolute Gasteiger partial charge is 0.309 e. The number of rotatable bonds is 5. The van der Waals surface area contributed by atoms with Crippen LogP contribution >= 0.6 is 0 Å². The molecular formula is C55H32N6. The van der Waals surface area contributed by atoms with Gasteiger partial charge in [0.05, 0.1) is 68.4 Å². The molecular weight excluding hydrogens is 745 g/mol. The van der Waals surface area contributed by atoms with E-state index >= 15 is 0 Å². The van der Waals surface area contributed by atoms with E-state index in [2.05, 4.69) is 182 Å². The number of aromatic nitrogens is 4. The zero-order valence-corrected chi connectivity index (χ0v) is 32.7. The van der Waals surface area contributed by atoms with Crippen LogP contribution in [0.4, 0.5) is 5.69 Å². The van der Waals surface area contributed by atoms with Crippen molar-refractivity contribution in [3.63, 3.8) is 0 Å². The van der Waals surface area contributed by atoms with Crippen molar-refractivity contribution in [2.45, 2.75) is 0 Å². The molecule has 0 aliphatic heterocycles. The highest BCUT2D eigenvalue weighted by Crippen LogP contribution is 2.46. The van der Waals surface area contributed by atoms with Gasteiger partial charge >= 0.3 is 0 Å². The van der Waals surface area contributed by atoms with E-state index in [1.165, 1.54) is 0 Å². The van der Waals surface area contributed by atoms with Crippen molar-refractivity contribution in [3.05, 3.63) is 211 Å². The Morgan fingerprint density at radius 1 is 0.410 bits per heavy atom. The fourth-order valence-corrected chi connectivity index (χ4v) is 9.64. The second-order valence-electron chi connectivity index (χ2n) is 15.3. The van der Waals surface area contributed by atoms with Crippen LogP contribution < -0.4 is 0 Å². The number of nitrogens with zero attached hydrogens (tertiary/aromatic N) is 6. The molecule has 61 heavy (non-hydrogen) atoms. The van der Waals surface area contributed by atoms with Crippen LogP contribution in [0.5, 0.6) is 0 Å². The molecule has 0 saturated carbocycles. The van der Waals surface area contributed by atoms with E-state index < -0.39 is 0 Å². The van der Waals surface area contributed by atoms with Crippen LogP contribution in [-0.2, 0) is 0 Å². The van der Waals surface area contributed by atoms with E-state index in [1.54, 1.807) is 0 Å². The van der Waals surface area contributed by atoms with Gasteiger partial charge in [-0.1, -0.05) is 115 Å². The maximum atomic E-state index is 10.5. The molecule has 0 aliphatic carbocycles. The Morgan fingerprint density at radius 2 is 0.770 bits per heavy atom. The molecule has 12 rings (SSSR count). The molecule has 282 valence electrons. The summed E-state index contributed by atoms with van der Waals surface area (Å²) in [7, 11) is 0. The van der Waals surface area contributed by atoms with Crippen LogP contribution in [-0.4, -0.2) is 18.7 Å². The van der Waals surface area contributed by atoms with E-state index in [1.807, 2.05) is 36.7 Å². The number of hydrogen-bond donors (Lipinski definition) is 0. The van der Waals surface area contributed by atoms with Crippen LogP contribution in [0.2, 0.25) is 0 Å². The molecule has 0 saturated heterocycles. The molecule has 8 aromatic carbocycles. The maximum absolute atomic E-state index is 10.5. The summed E-state index contributed by atoms with van der Waals surface area (Å²) in [5.41, 5.74) is 13.6.